The van der Waals surface area contributed by atoms with Crippen molar-refractivity contribution in [2.75, 3.05) is 13.7 Å². The van der Waals surface area contributed by atoms with Crippen molar-refractivity contribution < 1.29 is 19.7 Å². The van der Waals surface area contributed by atoms with Crippen LogP contribution >= 0.6 is 0 Å². The monoisotopic (exact) mass is 230 g/mol. The lowest BCUT2D eigenvalue weighted by Crippen LogP contribution is -2.28. The molecule has 2 N–H and O–H groups in total. The van der Waals surface area contributed by atoms with E-state index >= 15 is 0 Å². The van der Waals surface area contributed by atoms with Gasteiger partial charge in [0.15, 0.2) is 0 Å². The normalized spacial score (nSPS) is 17.8. The highest BCUT2D eigenvalue weighted by molar-refractivity contribution is 5.71. The molecule has 0 rings (SSSR count). The molecule has 0 fully saturated rings. The van der Waals surface area contributed by atoms with Crippen LogP contribution in [0.3, 0.4) is 0 Å². The fourth-order valence-corrected chi connectivity index (χ4v) is 1.38. The molecule has 4 heteroatoms. The number of esters is 1. The Morgan fingerprint density at radius 1 is 1.44 bits per heavy atom. The number of hydrogen-bond acceptors (Lipinski definition) is 4. The van der Waals surface area contributed by atoms with Crippen molar-refractivity contribution in [3.05, 3.63) is 11.6 Å². The molecule has 0 aliphatic rings. The molecule has 0 aliphatic carbocycles. The third-order valence-corrected chi connectivity index (χ3v) is 2.92. The Morgan fingerprint density at radius 3 is 2.44 bits per heavy atom. The van der Waals surface area contributed by atoms with Gasteiger partial charge < -0.3 is 14.9 Å². The third-order valence-electron chi connectivity index (χ3n) is 2.92. The molecule has 0 heterocycles. The Kier molecular flexibility index (Phi) is 7.01. The van der Waals surface area contributed by atoms with Gasteiger partial charge in [-0.1, -0.05) is 25.5 Å². The number of carbonyl (C=O) groups excluding carboxylic acids is 1. The minimum atomic E-state index is -0.598. The first-order valence-corrected chi connectivity index (χ1v) is 5.46. The van der Waals surface area contributed by atoms with Crippen molar-refractivity contribution in [1.82, 2.24) is 0 Å². The van der Waals surface area contributed by atoms with Crippen molar-refractivity contribution in [3.63, 3.8) is 0 Å². The second-order valence-electron chi connectivity index (χ2n) is 4.17. The van der Waals surface area contributed by atoms with Gasteiger partial charge in [-0.05, 0) is 6.92 Å². The summed E-state index contributed by atoms with van der Waals surface area (Å²) in [6.07, 6.45) is 1.37. The summed E-state index contributed by atoms with van der Waals surface area (Å²) in [5.74, 6) is -0.542. The lowest BCUT2D eigenvalue weighted by molar-refractivity contribution is -0.139. The standard InChI is InChI=1S/C12H22O4/c1-8(5-6-11(14)16-4)10(3)12(15)9(2)7-13/h5,9-10,12-13,15H,6-7H2,1-4H3/b8-5+/t9-,10-,12+/m0/s1. The van der Waals surface area contributed by atoms with Crippen molar-refractivity contribution in [2.24, 2.45) is 11.8 Å². The van der Waals surface area contributed by atoms with Crippen molar-refractivity contribution in [1.29, 1.82) is 0 Å². The number of ether oxygens (including phenoxy) is 1. The van der Waals surface area contributed by atoms with Crippen LogP contribution in [0.25, 0.3) is 0 Å². The first-order valence-electron chi connectivity index (χ1n) is 5.46. The van der Waals surface area contributed by atoms with Crippen LogP contribution in [0.5, 0.6) is 0 Å². The molecule has 4 nitrogen and oxygen atoms in total. The highest BCUT2D eigenvalue weighted by Gasteiger charge is 2.21. The number of hydrogen-bond donors (Lipinski definition) is 2. The highest BCUT2D eigenvalue weighted by atomic mass is 16.5. The zero-order valence-electron chi connectivity index (χ0n) is 10.4. The Bertz CT molecular complexity index is 247. The van der Waals surface area contributed by atoms with Crippen LogP contribution in [-0.4, -0.2) is 36.0 Å². The average molecular weight is 230 g/mol. The molecule has 0 aromatic heterocycles. The molecular formula is C12H22O4. The molecule has 0 bridgehead atoms. The van der Waals surface area contributed by atoms with Crippen LogP contribution in [0.15, 0.2) is 11.6 Å². The summed E-state index contributed by atoms with van der Waals surface area (Å²) in [4.78, 5) is 10.9. The highest BCUT2D eigenvalue weighted by Crippen LogP contribution is 2.20. The predicted octanol–water partition coefficient (Wildman–Crippen LogP) is 1.12. The van der Waals surface area contributed by atoms with E-state index in [1.54, 1.807) is 13.0 Å². The van der Waals surface area contributed by atoms with E-state index in [-0.39, 0.29) is 30.8 Å². The van der Waals surface area contributed by atoms with Gasteiger partial charge in [0.1, 0.15) is 0 Å². The summed E-state index contributed by atoms with van der Waals surface area (Å²) in [5, 5.41) is 18.8. The summed E-state index contributed by atoms with van der Waals surface area (Å²) in [6, 6.07) is 0. The molecule has 94 valence electrons. The quantitative estimate of drug-likeness (QED) is 0.530. The zero-order valence-corrected chi connectivity index (χ0v) is 10.4. The van der Waals surface area contributed by atoms with Crippen LogP contribution < -0.4 is 0 Å². The Balaban J connectivity index is 4.36. The van der Waals surface area contributed by atoms with Crippen molar-refractivity contribution in [3.8, 4) is 0 Å². The maximum absolute atomic E-state index is 10.9. The van der Waals surface area contributed by atoms with E-state index in [1.165, 1.54) is 7.11 Å². The minimum absolute atomic E-state index is 0.0458. The van der Waals surface area contributed by atoms with E-state index in [2.05, 4.69) is 4.74 Å². The van der Waals surface area contributed by atoms with E-state index in [1.807, 2.05) is 13.8 Å². The fraction of sp³-hybridized carbons (Fsp3) is 0.750. The smallest absolute Gasteiger partial charge is 0.309 e. The SMILES string of the molecule is COC(=O)C/C=C(\C)[C@H](C)[C@H](O)[C@@H](C)CO. The van der Waals surface area contributed by atoms with E-state index in [4.69, 9.17) is 5.11 Å². The molecule has 0 amide bonds. The Morgan fingerprint density at radius 2 is 2.00 bits per heavy atom. The van der Waals surface area contributed by atoms with Gasteiger partial charge in [-0.25, -0.2) is 0 Å². The maximum Gasteiger partial charge on any atom is 0.309 e. The topological polar surface area (TPSA) is 66.8 Å². The zero-order chi connectivity index (χ0) is 12.7. The van der Waals surface area contributed by atoms with Crippen LogP contribution in [0.1, 0.15) is 27.2 Å². The van der Waals surface area contributed by atoms with E-state index in [0.29, 0.717) is 0 Å². The summed E-state index contributed by atoms with van der Waals surface area (Å²) < 4.78 is 4.52. The summed E-state index contributed by atoms with van der Waals surface area (Å²) in [5.41, 5.74) is 0.929. The van der Waals surface area contributed by atoms with Gasteiger partial charge in [0.05, 0.1) is 19.6 Å². The number of rotatable bonds is 6. The maximum atomic E-state index is 10.9. The van der Waals surface area contributed by atoms with E-state index in [9.17, 15) is 9.90 Å². The number of aliphatic hydroxyl groups excluding tert-OH is 2. The molecule has 0 aromatic carbocycles. The minimum Gasteiger partial charge on any atom is -0.469 e. The summed E-state index contributed by atoms with van der Waals surface area (Å²) in [6.45, 7) is 5.48. The van der Waals surface area contributed by atoms with E-state index < -0.39 is 6.10 Å². The first-order chi connectivity index (χ1) is 7.43. The molecule has 0 saturated heterocycles. The largest absolute Gasteiger partial charge is 0.469 e. The molecule has 3 atom stereocenters. The number of carbonyl (C=O) groups is 1. The second kappa shape index (κ2) is 7.41. The lowest BCUT2D eigenvalue weighted by Gasteiger charge is -2.24. The van der Waals surface area contributed by atoms with Gasteiger partial charge in [0.2, 0.25) is 0 Å². The molecule has 0 aliphatic heterocycles. The van der Waals surface area contributed by atoms with Crippen molar-refractivity contribution in [2.45, 2.75) is 33.3 Å². The number of aliphatic hydroxyl groups is 2. The van der Waals surface area contributed by atoms with Crippen LogP contribution in [0, 0.1) is 11.8 Å². The van der Waals surface area contributed by atoms with Crippen molar-refractivity contribution >= 4 is 5.97 Å². The van der Waals surface area contributed by atoms with Crippen LogP contribution in [0.4, 0.5) is 0 Å². The van der Waals surface area contributed by atoms with E-state index in [0.717, 1.165) is 5.57 Å². The Labute approximate surface area is 96.9 Å². The molecule has 0 saturated carbocycles. The van der Waals surface area contributed by atoms with Gasteiger partial charge in [-0.15, -0.1) is 0 Å². The third kappa shape index (κ3) is 4.77. The van der Waals surface area contributed by atoms with Gasteiger partial charge >= 0.3 is 5.97 Å². The van der Waals surface area contributed by atoms with Gasteiger partial charge in [0.25, 0.3) is 0 Å². The first kappa shape index (κ1) is 15.1. The van der Waals surface area contributed by atoms with Gasteiger partial charge in [0, 0.05) is 18.4 Å². The molecule has 0 radical (unpaired) electrons. The lowest BCUT2D eigenvalue weighted by atomic mass is 9.88. The average Bonchev–Trinajstić information content (AvgIpc) is 2.32. The summed E-state index contributed by atoms with van der Waals surface area (Å²) in [7, 11) is 1.34. The number of methoxy groups -OCH3 is 1. The van der Waals surface area contributed by atoms with Crippen LogP contribution in [0.2, 0.25) is 0 Å². The fourth-order valence-electron chi connectivity index (χ4n) is 1.38. The molecule has 16 heavy (non-hydrogen) atoms. The van der Waals surface area contributed by atoms with Gasteiger partial charge in [-0.2, -0.15) is 0 Å². The van der Waals surface area contributed by atoms with Crippen LogP contribution in [-0.2, 0) is 9.53 Å². The second-order valence-corrected chi connectivity index (χ2v) is 4.17. The predicted molar refractivity (Wildman–Crippen MR) is 61.8 cm³/mol. The molecule has 0 unspecified atom stereocenters. The Hall–Kier alpha value is -0.870. The van der Waals surface area contributed by atoms with Gasteiger partial charge in [-0.3, -0.25) is 4.79 Å². The molecular weight excluding hydrogens is 208 g/mol. The molecule has 0 spiro atoms. The summed E-state index contributed by atoms with van der Waals surface area (Å²) >= 11 is 0. The molecule has 0 aromatic rings.